The summed E-state index contributed by atoms with van der Waals surface area (Å²) in [6, 6.07) is 13.7. The standard InChI is InChI=1S/C22H29N3O2/c1-6-25(19-13-8-7-10-16(19)2)21(27)15-24(5)14-20(26)23-22-17(3)11-9-12-18(22)4/h7-13H,6,14-15H2,1-5H3,(H,23,26). The average molecular weight is 367 g/mol. The van der Waals surface area contributed by atoms with Gasteiger partial charge < -0.3 is 10.2 Å². The first-order valence-corrected chi connectivity index (χ1v) is 9.24. The van der Waals surface area contributed by atoms with Crippen LogP contribution in [0.1, 0.15) is 23.6 Å². The van der Waals surface area contributed by atoms with Gasteiger partial charge in [-0.3, -0.25) is 14.5 Å². The molecule has 0 heterocycles. The lowest BCUT2D eigenvalue weighted by atomic mass is 10.1. The van der Waals surface area contributed by atoms with Crippen LogP contribution in [-0.2, 0) is 9.59 Å². The summed E-state index contributed by atoms with van der Waals surface area (Å²) in [5.74, 6) is -0.143. The van der Waals surface area contributed by atoms with Gasteiger partial charge in [0, 0.05) is 17.9 Å². The second-order valence-electron chi connectivity index (χ2n) is 6.91. The first-order chi connectivity index (χ1) is 12.8. The van der Waals surface area contributed by atoms with Gasteiger partial charge in [0.1, 0.15) is 0 Å². The minimum Gasteiger partial charge on any atom is -0.324 e. The van der Waals surface area contributed by atoms with Gasteiger partial charge in [0.2, 0.25) is 11.8 Å². The molecule has 0 radical (unpaired) electrons. The van der Waals surface area contributed by atoms with Gasteiger partial charge in [0.15, 0.2) is 0 Å². The molecule has 0 aromatic heterocycles. The molecule has 0 saturated carbocycles. The van der Waals surface area contributed by atoms with E-state index >= 15 is 0 Å². The van der Waals surface area contributed by atoms with Crippen LogP contribution in [0.4, 0.5) is 11.4 Å². The number of anilines is 2. The number of nitrogens with zero attached hydrogens (tertiary/aromatic N) is 2. The number of amides is 2. The van der Waals surface area contributed by atoms with Crippen LogP contribution in [0.25, 0.3) is 0 Å². The molecule has 0 bridgehead atoms. The zero-order valence-corrected chi connectivity index (χ0v) is 16.9. The van der Waals surface area contributed by atoms with Crippen molar-refractivity contribution in [3.8, 4) is 0 Å². The molecular formula is C22H29N3O2. The molecule has 0 unspecified atom stereocenters. The Morgan fingerprint density at radius 1 is 0.889 bits per heavy atom. The van der Waals surface area contributed by atoms with E-state index in [0.29, 0.717) is 6.54 Å². The number of carbonyl (C=O) groups excluding carboxylic acids is 2. The Labute approximate surface area is 162 Å². The highest BCUT2D eigenvalue weighted by atomic mass is 16.2. The summed E-state index contributed by atoms with van der Waals surface area (Å²) >= 11 is 0. The van der Waals surface area contributed by atoms with E-state index in [9.17, 15) is 9.59 Å². The van der Waals surface area contributed by atoms with Crippen molar-refractivity contribution in [1.29, 1.82) is 0 Å². The highest BCUT2D eigenvalue weighted by Crippen LogP contribution is 2.20. The molecule has 0 aliphatic heterocycles. The fourth-order valence-electron chi connectivity index (χ4n) is 3.16. The van der Waals surface area contributed by atoms with Crippen molar-refractivity contribution in [3.63, 3.8) is 0 Å². The zero-order valence-electron chi connectivity index (χ0n) is 16.9. The molecule has 0 aliphatic carbocycles. The lowest BCUT2D eigenvalue weighted by Crippen LogP contribution is -2.41. The van der Waals surface area contributed by atoms with E-state index in [1.54, 1.807) is 16.8 Å². The Hall–Kier alpha value is -2.66. The second kappa shape index (κ2) is 9.33. The van der Waals surface area contributed by atoms with E-state index in [2.05, 4.69) is 5.32 Å². The molecule has 2 rings (SSSR count). The monoisotopic (exact) mass is 367 g/mol. The molecular weight excluding hydrogens is 338 g/mol. The Morgan fingerprint density at radius 3 is 2.07 bits per heavy atom. The van der Waals surface area contributed by atoms with E-state index in [1.165, 1.54) is 0 Å². The summed E-state index contributed by atoms with van der Waals surface area (Å²) in [6.07, 6.45) is 0. The van der Waals surface area contributed by atoms with Crippen molar-refractivity contribution in [2.45, 2.75) is 27.7 Å². The largest absolute Gasteiger partial charge is 0.324 e. The molecule has 0 spiro atoms. The van der Waals surface area contributed by atoms with Crippen LogP contribution in [0.15, 0.2) is 42.5 Å². The van der Waals surface area contributed by atoms with Gasteiger partial charge in [-0.25, -0.2) is 0 Å². The van der Waals surface area contributed by atoms with Gasteiger partial charge in [-0.05, 0) is 57.5 Å². The van der Waals surface area contributed by atoms with E-state index in [1.807, 2.05) is 70.2 Å². The van der Waals surface area contributed by atoms with Crippen molar-refractivity contribution in [2.75, 3.05) is 36.9 Å². The lowest BCUT2D eigenvalue weighted by Gasteiger charge is -2.25. The molecule has 5 heteroatoms. The van der Waals surface area contributed by atoms with Crippen LogP contribution < -0.4 is 10.2 Å². The van der Waals surface area contributed by atoms with Gasteiger partial charge in [-0.1, -0.05) is 36.4 Å². The smallest absolute Gasteiger partial charge is 0.241 e. The number of likely N-dealkylation sites (N-methyl/N-ethyl adjacent to an activating group) is 2. The minimum atomic E-state index is -0.123. The van der Waals surface area contributed by atoms with Crippen LogP contribution in [0.3, 0.4) is 0 Å². The summed E-state index contributed by atoms with van der Waals surface area (Å²) in [7, 11) is 1.79. The van der Waals surface area contributed by atoms with Gasteiger partial charge in [-0.2, -0.15) is 0 Å². The molecule has 0 atom stereocenters. The predicted octanol–water partition coefficient (Wildman–Crippen LogP) is 3.54. The molecule has 27 heavy (non-hydrogen) atoms. The summed E-state index contributed by atoms with van der Waals surface area (Å²) in [5.41, 5.74) is 4.87. The normalized spacial score (nSPS) is 10.7. The summed E-state index contributed by atoms with van der Waals surface area (Å²) in [5, 5.41) is 2.96. The van der Waals surface area contributed by atoms with E-state index in [4.69, 9.17) is 0 Å². The van der Waals surface area contributed by atoms with Crippen LogP contribution in [0.2, 0.25) is 0 Å². The zero-order chi connectivity index (χ0) is 20.0. The molecule has 1 N–H and O–H groups in total. The van der Waals surface area contributed by atoms with Crippen molar-refractivity contribution >= 4 is 23.2 Å². The number of aryl methyl sites for hydroxylation is 3. The molecule has 0 aliphatic rings. The Bertz CT molecular complexity index is 797. The maximum absolute atomic E-state index is 12.7. The quantitative estimate of drug-likeness (QED) is 0.814. The van der Waals surface area contributed by atoms with Crippen molar-refractivity contribution in [1.82, 2.24) is 4.90 Å². The summed E-state index contributed by atoms with van der Waals surface area (Å²) in [6.45, 7) is 8.82. The maximum Gasteiger partial charge on any atom is 0.241 e. The van der Waals surface area contributed by atoms with Crippen molar-refractivity contribution in [3.05, 3.63) is 59.2 Å². The highest BCUT2D eigenvalue weighted by molar-refractivity contribution is 5.97. The number of carbonyl (C=O) groups is 2. The minimum absolute atomic E-state index is 0.0193. The summed E-state index contributed by atoms with van der Waals surface area (Å²) < 4.78 is 0. The van der Waals surface area contributed by atoms with Gasteiger partial charge in [0.25, 0.3) is 0 Å². The van der Waals surface area contributed by atoms with Crippen LogP contribution in [0, 0.1) is 20.8 Å². The first-order valence-electron chi connectivity index (χ1n) is 9.24. The van der Waals surface area contributed by atoms with Gasteiger partial charge in [-0.15, -0.1) is 0 Å². The lowest BCUT2D eigenvalue weighted by molar-refractivity contribution is -0.121. The number of para-hydroxylation sites is 2. The van der Waals surface area contributed by atoms with Crippen molar-refractivity contribution < 1.29 is 9.59 Å². The maximum atomic E-state index is 12.7. The molecule has 0 saturated heterocycles. The summed E-state index contributed by atoms with van der Waals surface area (Å²) in [4.78, 5) is 28.6. The fraction of sp³-hybridized carbons (Fsp3) is 0.364. The first kappa shape index (κ1) is 20.6. The average Bonchev–Trinajstić information content (AvgIpc) is 2.60. The number of hydrogen-bond acceptors (Lipinski definition) is 3. The van der Waals surface area contributed by atoms with Crippen LogP contribution in [0.5, 0.6) is 0 Å². The third-order valence-electron chi connectivity index (χ3n) is 4.59. The van der Waals surface area contributed by atoms with Crippen LogP contribution in [-0.4, -0.2) is 43.4 Å². The Balaban J connectivity index is 1.98. The van der Waals surface area contributed by atoms with E-state index < -0.39 is 0 Å². The second-order valence-corrected chi connectivity index (χ2v) is 6.91. The molecule has 144 valence electrons. The molecule has 5 nitrogen and oxygen atoms in total. The Morgan fingerprint density at radius 2 is 1.48 bits per heavy atom. The van der Waals surface area contributed by atoms with Gasteiger partial charge >= 0.3 is 0 Å². The van der Waals surface area contributed by atoms with Crippen LogP contribution >= 0.6 is 0 Å². The van der Waals surface area contributed by atoms with Gasteiger partial charge in [0.05, 0.1) is 13.1 Å². The van der Waals surface area contributed by atoms with E-state index in [-0.39, 0.29) is 24.9 Å². The Kier molecular flexibility index (Phi) is 7.13. The third-order valence-corrected chi connectivity index (χ3v) is 4.59. The van der Waals surface area contributed by atoms with Crippen molar-refractivity contribution in [2.24, 2.45) is 0 Å². The molecule has 2 amide bonds. The fourth-order valence-corrected chi connectivity index (χ4v) is 3.16. The predicted molar refractivity (Wildman–Crippen MR) is 111 cm³/mol. The van der Waals surface area contributed by atoms with E-state index in [0.717, 1.165) is 28.1 Å². The third kappa shape index (κ3) is 5.41. The highest BCUT2D eigenvalue weighted by Gasteiger charge is 2.19. The number of rotatable bonds is 7. The number of nitrogens with one attached hydrogen (secondary N) is 1. The molecule has 2 aromatic rings. The molecule has 0 fully saturated rings. The topological polar surface area (TPSA) is 52.7 Å². The SMILES string of the molecule is CCN(C(=O)CN(C)CC(=O)Nc1c(C)cccc1C)c1ccccc1C. The molecule has 2 aromatic carbocycles. The number of benzene rings is 2. The number of hydrogen-bond donors (Lipinski definition) is 1.